The van der Waals surface area contributed by atoms with Crippen LogP contribution in [-0.4, -0.2) is 29.0 Å². The van der Waals surface area contributed by atoms with Crippen LogP contribution >= 0.6 is 23.1 Å². The fourth-order valence-electron chi connectivity index (χ4n) is 3.97. The molecule has 2 heterocycles. The normalized spacial score (nSPS) is 14.2. The lowest BCUT2D eigenvalue weighted by Crippen LogP contribution is -2.36. The number of thioether (sulfide) groups is 1. The van der Waals surface area contributed by atoms with Gasteiger partial charge in [0.2, 0.25) is 11.6 Å². The second-order valence-corrected chi connectivity index (χ2v) is 10.2. The molecule has 1 amide bonds. The van der Waals surface area contributed by atoms with E-state index in [0.717, 1.165) is 54.3 Å². The number of esters is 1. The zero-order chi connectivity index (χ0) is 24.1. The molecule has 34 heavy (non-hydrogen) atoms. The number of thiophene rings is 1. The maximum absolute atomic E-state index is 13.3. The summed E-state index contributed by atoms with van der Waals surface area (Å²) >= 11 is 2.56. The summed E-state index contributed by atoms with van der Waals surface area (Å²) in [4.78, 5) is 27.2. The van der Waals surface area contributed by atoms with Gasteiger partial charge in [-0.2, -0.15) is 0 Å². The molecule has 4 rings (SSSR count). The van der Waals surface area contributed by atoms with E-state index in [-0.39, 0.29) is 17.5 Å². The highest BCUT2D eigenvalue weighted by atomic mass is 32.2. The maximum atomic E-state index is 13.3. The van der Waals surface area contributed by atoms with Crippen molar-refractivity contribution in [2.75, 3.05) is 11.9 Å². The van der Waals surface area contributed by atoms with Crippen LogP contribution < -0.4 is 15.1 Å². The van der Waals surface area contributed by atoms with Gasteiger partial charge >= 0.3 is 5.97 Å². The zero-order valence-corrected chi connectivity index (χ0v) is 20.8. The number of carbonyl (C=O) groups is 2. The van der Waals surface area contributed by atoms with Gasteiger partial charge in [-0.15, -0.1) is 11.3 Å². The Bertz CT molecular complexity index is 1160. The van der Waals surface area contributed by atoms with E-state index in [0.29, 0.717) is 22.7 Å². The third kappa shape index (κ3) is 5.12. The summed E-state index contributed by atoms with van der Waals surface area (Å²) in [5, 5.41) is 19.3. The molecule has 0 fully saturated rings. The van der Waals surface area contributed by atoms with Gasteiger partial charge in [0.15, 0.2) is 5.95 Å². The van der Waals surface area contributed by atoms with Crippen molar-refractivity contribution in [3.8, 4) is 11.6 Å². The number of nitrogens with zero attached hydrogens (tertiary/aromatic N) is 2. The lowest BCUT2D eigenvalue weighted by Gasteiger charge is -2.13. The molecule has 0 radical (unpaired) electrons. The summed E-state index contributed by atoms with van der Waals surface area (Å²) in [5.41, 5.74) is 2.14. The highest BCUT2D eigenvalue weighted by molar-refractivity contribution is 8.00. The van der Waals surface area contributed by atoms with E-state index >= 15 is 0 Å². The van der Waals surface area contributed by atoms with Crippen LogP contribution in [-0.2, 0) is 22.4 Å². The molecule has 1 aliphatic carbocycles. The van der Waals surface area contributed by atoms with Crippen LogP contribution in [0.25, 0.3) is 5.69 Å². The molecule has 180 valence electrons. The number of para-hydroxylation sites is 1. The van der Waals surface area contributed by atoms with E-state index in [4.69, 9.17) is 9.26 Å². The molecule has 0 saturated carbocycles. The van der Waals surface area contributed by atoms with Crippen LogP contribution in [0.15, 0.2) is 39.9 Å². The van der Waals surface area contributed by atoms with Gasteiger partial charge in [0, 0.05) is 17.0 Å². The number of aryl methyl sites for hydroxylation is 1. The van der Waals surface area contributed by atoms with Gasteiger partial charge in [0.1, 0.15) is 5.00 Å². The number of carbonyl (C=O) groups excluding carboxylic acids is 2. The van der Waals surface area contributed by atoms with Gasteiger partial charge < -0.3 is 19.7 Å². The van der Waals surface area contributed by atoms with Crippen LogP contribution in [0, 0.1) is 0 Å². The lowest BCUT2D eigenvalue weighted by molar-refractivity contribution is -0.705. The summed E-state index contributed by atoms with van der Waals surface area (Å²) in [6.45, 7) is 3.91. The molecule has 1 aliphatic rings. The number of hydrogen-bond acceptors (Lipinski definition) is 8. The number of hydrogen-bond donors (Lipinski definition) is 1. The molecule has 1 N–H and O–H groups in total. The second kappa shape index (κ2) is 11.1. The Morgan fingerprint density at radius 1 is 1.24 bits per heavy atom. The van der Waals surface area contributed by atoms with Crippen LogP contribution in [0.5, 0.6) is 5.95 Å². The fourth-order valence-corrected chi connectivity index (χ4v) is 6.23. The lowest BCUT2D eigenvalue weighted by atomic mass is 10.1. The van der Waals surface area contributed by atoms with Crippen LogP contribution in [0.2, 0.25) is 0 Å². The second-order valence-electron chi connectivity index (χ2n) is 7.91. The van der Waals surface area contributed by atoms with E-state index in [2.05, 4.69) is 10.6 Å². The highest BCUT2D eigenvalue weighted by Crippen LogP contribution is 2.39. The van der Waals surface area contributed by atoms with Crippen molar-refractivity contribution in [2.24, 2.45) is 0 Å². The van der Waals surface area contributed by atoms with E-state index in [9.17, 15) is 14.7 Å². The maximum Gasteiger partial charge on any atom is 0.341 e. The molecule has 8 nitrogen and oxygen atoms in total. The number of anilines is 1. The Balaban J connectivity index is 1.59. The van der Waals surface area contributed by atoms with E-state index in [1.54, 1.807) is 19.1 Å². The van der Waals surface area contributed by atoms with Crippen molar-refractivity contribution in [2.45, 2.75) is 62.6 Å². The summed E-state index contributed by atoms with van der Waals surface area (Å²) in [5.74, 6) is -1.29. The highest BCUT2D eigenvalue weighted by Gasteiger charge is 2.31. The minimum atomic E-state index is -0.602. The largest absolute Gasteiger partial charge is 0.538 e. The number of benzene rings is 1. The molecule has 1 unspecified atom stereocenters. The molecule has 10 heteroatoms. The third-order valence-corrected chi connectivity index (χ3v) is 8.23. The number of nitrogens with one attached hydrogen (secondary N) is 1. The number of amides is 1. The van der Waals surface area contributed by atoms with Crippen molar-refractivity contribution >= 4 is 40.0 Å². The molecule has 0 spiro atoms. The average Bonchev–Trinajstić information content (AvgIpc) is 3.28. The van der Waals surface area contributed by atoms with E-state index in [1.807, 2.05) is 25.1 Å². The number of rotatable bonds is 8. The SMILES string of the molecule is CCOC(=O)c1c(NC(=O)C(CC)Sc2c([O-])on[n+]2-c2ccccc2)sc2c1CCCCC2. The fraction of sp³-hybridized carbons (Fsp3) is 0.417. The third-order valence-electron chi connectivity index (χ3n) is 5.63. The van der Waals surface area contributed by atoms with Gasteiger partial charge in [-0.3, -0.25) is 4.79 Å². The minimum absolute atomic E-state index is 0.223. The van der Waals surface area contributed by atoms with Gasteiger partial charge in [-0.25, -0.2) is 4.79 Å². The van der Waals surface area contributed by atoms with Crippen molar-refractivity contribution in [3.63, 3.8) is 0 Å². The summed E-state index contributed by atoms with van der Waals surface area (Å²) in [6.07, 6.45) is 5.37. The van der Waals surface area contributed by atoms with Crippen LogP contribution in [0.1, 0.15) is 60.3 Å². The molecule has 0 bridgehead atoms. The van der Waals surface area contributed by atoms with Crippen LogP contribution in [0.4, 0.5) is 5.00 Å². The Hall–Kier alpha value is -2.85. The molecular weight excluding hydrogens is 474 g/mol. The van der Waals surface area contributed by atoms with Crippen molar-refractivity contribution in [1.29, 1.82) is 0 Å². The van der Waals surface area contributed by atoms with E-state index < -0.39 is 17.2 Å². The number of fused-ring (bicyclic) bond motifs is 1. The first-order valence-corrected chi connectivity index (χ1v) is 13.2. The topological polar surface area (TPSA) is 108 Å². The Labute approximate surface area is 206 Å². The minimum Gasteiger partial charge on any atom is -0.538 e. The summed E-state index contributed by atoms with van der Waals surface area (Å²) in [7, 11) is 0. The first kappa shape index (κ1) is 24.3. The molecule has 2 aromatic heterocycles. The molecule has 3 aromatic rings. The van der Waals surface area contributed by atoms with Gasteiger partial charge in [0.05, 0.1) is 22.7 Å². The van der Waals surface area contributed by atoms with Gasteiger partial charge in [-0.05, 0) is 61.0 Å². The zero-order valence-electron chi connectivity index (χ0n) is 19.2. The predicted molar refractivity (Wildman–Crippen MR) is 128 cm³/mol. The van der Waals surface area contributed by atoms with Crippen LogP contribution in [0.3, 0.4) is 0 Å². The van der Waals surface area contributed by atoms with Gasteiger partial charge in [0.25, 0.3) is 5.03 Å². The molecule has 0 aliphatic heterocycles. The quantitative estimate of drug-likeness (QED) is 0.215. The summed E-state index contributed by atoms with van der Waals surface area (Å²) < 4.78 is 11.6. The van der Waals surface area contributed by atoms with Crippen molar-refractivity contribution in [3.05, 3.63) is 46.3 Å². The van der Waals surface area contributed by atoms with Crippen molar-refractivity contribution < 1.29 is 28.6 Å². The molecule has 0 saturated heterocycles. The first-order chi connectivity index (χ1) is 16.5. The average molecular weight is 502 g/mol. The standard InChI is InChI=1S/C24H27N3O5S2/c1-3-17(34-22-24(30)32-26-27(22)15-11-7-5-8-12-15)20(28)25-21-19(23(29)31-4-2)16-13-9-6-10-14-18(16)33-21/h5,7-8,11-12,17H,3-4,6,9-10,13-14H2,1-2H3,(H-,25,26,28,29,30). The molecule has 1 atom stereocenters. The number of ether oxygens (including phenoxy) is 1. The van der Waals surface area contributed by atoms with Gasteiger partial charge in [-0.1, -0.05) is 31.5 Å². The Kier molecular flexibility index (Phi) is 7.89. The molecular formula is C24H27N3O5S2. The Morgan fingerprint density at radius 3 is 2.74 bits per heavy atom. The van der Waals surface area contributed by atoms with Crippen molar-refractivity contribution in [1.82, 2.24) is 5.27 Å². The first-order valence-electron chi connectivity index (χ1n) is 11.5. The monoisotopic (exact) mass is 501 g/mol. The summed E-state index contributed by atoms with van der Waals surface area (Å²) in [6, 6.07) is 9.13. The Morgan fingerprint density at radius 2 is 2.00 bits per heavy atom. The smallest absolute Gasteiger partial charge is 0.341 e. The molecule has 1 aromatic carbocycles. The predicted octanol–water partition coefficient (Wildman–Crippen LogP) is 4.04. The van der Waals surface area contributed by atoms with E-state index in [1.165, 1.54) is 16.0 Å². The number of aromatic nitrogens is 2.